The van der Waals surface area contributed by atoms with Crippen LogP contribution < -0.4 is 0 Å². The van der Waals surface area contributed by atoms with E-state index in [4.69, 9.17) is 0 Å². The Morgan fingerprint density at radius 2 is 2.13 bits per heavy atom. The average molecular weight is 306 g/mol. The summed E-state index contributed by atoms with van der Waals surface area (Å²) in [5.74, 6) is 0.541. The first-order chi connectivity index (χ1) is 11.4. The van der Waals surface area contributed by atoms with Crippen LogP contribution in [0.5, 0.6) is 0 Å². The lowest BCUT2D eigenvalue weighted by Crippen LogP contribution is -2.08. The number of hydrogen-bond acceptors (Lipinski definition) is 6. The van der Waals surface area contributed by atoms with Gasteiger partial charge in [0.1, 0.15) is 18.7 Å². The summed E-state index contributed by atoms with van der Waals surface area (Å²) in [7, 11) is 0. The van der Waals surface area contributed by atoms with Gasteiger partial charge in [0.25, 0.3) is 0 Å². The molecule has 5 heterocycles. The summed E-state index contributed by atoms with van der Waals surface area (Å²) >= 11 is 0. The molecule has 0 amide bonds. The number of hydrogen-bond donors (Lipinski definition) is 1. The molecular weight excluding hydrogens is 296 g/mol. The maximum Gasteiger partial charge on any atom is 0.202 e. The highest BCUT2D eigenvalue weighted by Gasteiger charge is 2.13. The van der Waals surface area contributed by atoms with Crippen molar-refractivity contribution >= 4 is 16.7 Å². The number of rotatable bonds is 3. The molecule has 0 saturated carbocycles. The van der Waals surface area contributed by atoms with Crippen molar-refractivity contribution < 1.29 is 0 Å². The number of aromatic nitrogens is 10. The summed E-state index contributed by atoms with van der Waals surface area (Å²) in [5, 5.41) is 20.7. The molecule has 0 aromatic carbocycles. The predicted octanol–water partition coefficient (Wildman–Crippen LogP) is 0.566. The molecule has 5 rings (SSSR count). The van der Waals surface area contributed by atoms with Gasteiger partial charge >= 0.3 is 0 Å². The molecule has 0 aliphatic rings. The largest absolute Gasteiger partial charge is 0.261 e. The summed E-state index contributed by atoms with van der Waals surface area (Å²) in [4.78, 5) is 8.78. The third-order valence-electron chi connectivity index (χ3n) is 3.51. The van der Waals surface area contributed by atoms with Crippen LogP contribution in [-0.4, -0.2) is 49.3 Å². The van der Waals surface area contributed by atoms with Gasteiger partial charge in [-0.3, -0.25) is 14.5 Å². The van der Waals surface area contributed by atoms with E-state index in [9.17, 15) is 0 Å². The molecule has 0 spiro atoms. The van der Waals surface area contributed by atoms with Crippen LogP contribution in [0, 0.1) is 0 Å². The Morgan fingerprint density at radius 3 is 3.04 bits per heavy atom. The van der Waals surface area contributed by atoms with Gasteiger partial charge in [-0.05, 0) is 12.1 Å². The average Bonchev–Trinajstić information content (AvgIpc) is 3.33. The minimum absolute atomic E-state index is 0.536. The quantitative estimate of drug-likeness (QED) is 0.522. The Bertz CT molecular complexity index is 1100. The zero-order valence-electron chi connectivity index (χ0n) is 11.8. The number of H-pyrrole nitrogens is 1. The van der Waals surface area contributed by atoms with E-state index in [0.717, 1.165) is 5.39 Å². The Hall–Kier alpha value is -3.56. The van der Waals surface area contributed by atoms with Gasteiger partial charge in [-0.1, -0.05) is 0 Å². The fourth-order valence-electron chi connectivity index (χ4n) is 2.44. The molecule has 0 fully saturated rings. The molecule has 0 aliphatic heterocycles. The number of nitrogens with zero attached hydrogens (tertiary/aromatic N) is 9. The number of nitrogens with one attached hydrogen (secondary N) is 1. The molecule has 5 aromatic rings. The van der Waals surface area contributed by atoms with Gasteiger partial charge < -0.3 is 0 Å². The maximum atomic E-state index is 4.55. The summed E-state index contributed by atoms with van der Waals surface area (Å²) in [6, 6.07) is 3.75. The van der Waals surface area contributed by atoms with E-state index in [0.29, 0.717) is 29.5 Å². The molecule has 0 unspecified atom stereocenters. The van der Waals surface area contributed by atoms with Gasteiger partial charge in [-0.2, -0.15) is 15.3 Å². The van der Waals surface area contributed by atoms with Gasteiger partial charge in [0.2, 0.25) is 5.82 Å². The lowest BCUT2D eigenvalue weighted by Gasteiger charge is -2.00. The molecule has 5 aromatic heterocycles. The summed E-state index contributed by atoms with van der Waals surface area (Å²) in [5.41, 5.74) is 2.07. The highest BCUT2D eigenvalue weighted by atomic mass is 15.4. The molecule has 0 bridgehead atoms. The Kier molecular flexibility index (Phi) is 2.34. The zero-order chi connectivity index (χ0) is 15.2. The fraction of sp³-hybridized carbons (Fsp3) is 0.0769. The SMILES string of the molecule is c1cnn(Cn2ccc(-c3nc4c5cn[nH]c5ncn4n3)n2)c1. The van der Waals surface area contributed by atoms with Crippen LogP contribution >= 0.6 is 0 Å². The van der Waals surface area contributed by atoms with Crippen molar-refractivity contribution in [2.75, 3.05) is 0 Å². The van der Waals surface area contributed by atoms with Crippen molar-refractivity contribution in [3.63, 3.8) is 0 Å². The van der Waals surface area contributed by atoms with Crippen LogP contribution in [0.3, 0.4) is 0 Å². The monoisotopic (exact) mass is 306 g/mol. The van der Waals surface area contributed by atoms with Gasteiger partial charge in [0.15, 0.2) is 11.3 Å². The van der Waals surface area contributed by atoms with E-state index in [2.05, 4.69) is 35.5 Å². The van der Waals surface area contributed by atoms with Gasteiger partial charge in [-0.15, -0.1) is 5.10 Å². The first-order valence-corrected chi connectivity index (χ1v) is 6.92. The Labute approximate surface area is 128 Å². The van der Waals surface area contributed by atoms with E-state index in [1.54, 1.807) is 32.6 Å². The second-order valence-electron chi connectivity index (χ2n) is 5.01. The van der Waals surface area contributed by atoms with Crippen molar-refractivity contribution in [2.24, 2.45) is 0 Å². The molecule has 0 saturated heterocycles. The first kappa shape index (κ1) is 12.0. The minimum atomic E-state index is 0.536. The first-order valence-electron chi connectivity index (χ1n) is 6.92. The van der Waals surface area contributed by atoms with E-state index in [-0.39, 0.29) is 0 Å². The van der Waals surface area contributed by atoms with Crippen molar-refractivity contribution in [1.29, 1.82) is 0 Å². The standard InChI is InChI=1S/C13H10N10/c1-3-16-21(4-1)8-22-5-2-10(19-22)12-17-13-9-6-15-18-11(9)14-7-23(13)20-12/h1-7H,8H2,(H,15,18). The van der Waals surface area contributed by atoms with Crippen LogP contribution in [0.15, 0.2) is 43.2 Å². The van der Waals surface area contributed by atoms with Crippen LogP contribution in [0.2, 0.25) is 0 Å². The minimum Gasteiger partial charge on any atom is -0.261 e. The molecular formula is C13H10N10. The highest BCUT2D eigenvalue weighted by molar-refractivity contribution is 5.88. The topological polar surface area (TPSA) is 107 Å². The molecule has 0 radical (unpaired) electrons. The van der Waals surface area contributed by atoms with Crippen LogP contribution in [0.25, 0.3) is 28.2 Å². The van der Waals surface area contributed by atoms with Gasteiger partial charge in [0.05, 0.1) is 11.6 Å². The molecule has 0 atom stereocenters. The smallest absolute Gasteiger partial charge is 0.202 e. The lowest BCUT2D eigenvalue weighted by molar-refractivity contribution is 0.504. The third kappa shape index (κ3) is 1.88. The van der Waals surface area contributed by atoms with Crippen LogP contribution in [-0.2, 0) is 6.67 Å². The predicted molar refractivity (Wildman–Crippen MR) is 79.3 cm³/mol. The maximum absolute atomic E-state index is 4.55. The summed E-state index contributed by atoms with van der Waals surface area (Å²) in [6.07, 6.45) is 8.77. The number of fused-ring (bicyclic) bond motifs is 3. The number of aromatic amines is 1. The van der Waals surface area contributed by atoms with Crippen LogP contribution in [0.4, 0.5) is 0 Å². The van der Waals surface area contributed by atoms with Crippen molar-refractivity contribution in [1.82, 2.24) is 49.3 Å². The summed E-state index contributed by atoms with van der Waals surface area (Å²) < 4.78 is 5.19. The second-order valence-corrected chi connectivity index (χ2v) is 5.01. The normalized spacial score (nSPS) is 11.7. The molecule has 0 aliphatic carbocycles. The Balaban J connectivity index is 1.56. The third-order valence-corrected chi connectivity index (χ3v) is 3.51. The molecule has 1 N–H and O–H groups in total. The molecule has 10 heteroatoms. The molecule has 10 nitrogen and oxygen atoms in total. The van der Waals surface area contributed by atoms with E-state index in [1.807, 2.05) is 24.5 Å². The summed E-state index contributed by atoms with van der Waals surface area (Å²) in [6.45, 7) is 0.536. The van der Waals surface area contributed by atoms with E-state index < -0.39 is 0 Å². The van der Waals surface area contributed by atoms with Crippen molar-refractivity contribution in [3.8, 4) is 11.5 Å². The van der Waals surface area contributed by atoms with Crippen molar-refractivity contribution in [3.05, 3.63) is 43.2 Å². The van der Waals surface area contributed by atoms with Gasteiger partial charge in [-0.25, -0.2) is 14.5 Å². The molecule has 112 valence electrons. The van der Waals surface area contributed by atoms with Crippen LogP contribution in [0.1, 0.15) is 0 Å². The van der Waals surface area contributed by atoms with E-state index in [1.165, 1.54) is 0 Å². The second kappa shape index (κ2) is 4.47. The zero-order valence-corrected chi connectivity index (χ0v) is 11.8. The highest BCUT2D eigenvalue weighted by Crippen LogP contribution is 2.18. The lowest BCUT2D eigenvalue weighted by atomic mass is 10.4. The Morgan fingerprint density at radius 1 is 1.13 bits per heavy atom. The fourth-order valence-corrected chi connectivity index (χ4v) is 2.44. The van der Waals surface area contributed by atoms with E-state index >= 15 is 0 Å². The van der Waals surface area contributed by atoms with Crippen molar-refractivity contribution in [2.45, 2.75) is 6.67 Å². The molecule has 23 heavy (non-hydrogen) atoms. The van der Waals surface area contributed by atoms with Gasteiger partial charge in [0, 0.05) is 18.6 Å².